The van der Waals surface area contributed by atoms with Gasteiger partial charge in [-0.1, -0.05) is 13.3 Å². The molecule has 1 aromatic heterocycles. The highest BCUT2D eigenvalue weighted by Crippen LogP contribution is 2.25. The molecule has 2 unspecified atom stereocenters. The molecule has 0 spiro atoms. The van der Waals surface area contributed by atoms with Gasteiger partial charge in [-0.3, -0.25) is 4.79 Å². The Morgan fingerprint density at radius 2 is 2.29 bits per heavy atom. The van der Waals surface area contributed by atoms with Gasteiger partial charge in [0, 0.05) is 24.8 Å². The van der Waals surface area contributed by atoms with Gasteiger partial charge in [-0.2, -0.15) is 0 Å². The molecule has 1 heterocycles. The van der Waals surface area contributed by atoms with Crippen LogP contribution in [0.5, 0.6) is 0 Å². The predicted octanol–water partition coefficient (Wildman–Crippen LogP) is 2.04. The van der Waals surface area contributed by atoms with Crippen LogP contribution < -0.4 is 10.6 Å². The first-order valence-corrected chi connectivity index (χ1v) is 6.15. The van der Waals surface area contributed by atoms with E-state index in [9.17, 15) is 4.79 Å². The SMILES string of the molecule is CNc1cc(C(=O)NC2CCCC2C)ccn1. The molecule has 1 aliphatic carbocycles. The zero-order valence-corrected chi connectivity index (χ0v) is 10.4. The molecular weight excluding hydrogens is 214 g/mol. The second-order valence-corrected chi connectivity index (χ2v) is 4.67. The van der Waals surface area contributed by atoms with E-state index in [-0.39, 0.29) is 5.91 Å². The Hall–Kier alpha value is -1.58. The minimum atomic E-state index is 0.00245. The van der Waals surface area contributed by atoms with Gasteiger partial charge in [0.1, 0.15) is 5.82 Å². The number of rotatable bonds is 3. The van der Waals surface area contributed by atoms with Gasteiger partial charge in [-0.05, 0) is 30.9 Å². The third kappa shape index (κ3) is 2.75. The Bertz CT molecular complexity index is 405. The van der Waals surface area contributed by atoms with Crippen LogP contribution in [0.4, 0.5) is 5.82 Å². The summed E-state index contributed by atoms with van der Waals surface area (Å²) in [7, 11) is 1.79. The summed E-state index contributed by atoms with van der Waals surface area (Å²) in [5.74, 6) is 1.31. The minimum absolute atomic E-state index is 0.00245. The summed E-state index contributed by atoms with van der Waals surface area (Å²) in [4.78, 5) is 16.1. The topological polar surface area (TPSA) is 54.0 Å². The number of carbonyl (C=O) groups is 1. The van der Waals surface area contributed by atoms with Crippen molar-refractivity contribution in [1.82, 2.24) is 10.3 Å². The molecule has 4 heteroatoms. The lowest BCUT2D eigenvalue weighted by molar-refractivity contribution is 0.0929. The summed E-state index contributed by atoms with van der Waals surface area (Å²) >= 11 is 0. The highest BCUT2D eigenvalue weighted by atomic mass is 16.1. The molecule has 0 aromatic carbocycles. The van der Waals surface area contributed by atoms with Gasteiger partial charge < -0.3 is 10.6 Å². The van der Waals surface area contributed by atoms with Gasteiger partial charge in [0.15, 0.2) is 0 Å². The van der Waals surface area contributed by atoms with E-state index in [4.69, 9.17) is 0 Å². The van der Waals surface area contributed by atoms with E-state index in [1.165, 1.54) is 12.8 Å². The van der Waals surface area contributed by atoms with Crippen molar-refractivity contribution in [3.63, 3.8) is 0 Å². The summed E-state index contributed by atoms with van der Waals surface area (Å²) in [5.41, 5.74) is 0.670. The first kappa shape index (κ1) is 11.9. The number of nitrogens with zero attached hydrogens (tertiary/aromatic N) is 1. The van der Waals surface area contributed by atoms with Crippen molar-refractivity contribution < 1.29 is 4.79 Å². The van der Waals surface area contributed by atoms with Gasteiger partial charge in [-0.15, -0.1) is 0 Å². The second-order valence-electron chi connectivity index (χ2n) is 4.67. The molecule has 92 valence electrons. The summed E-state index contributed by atoms with van der Waals surface area (Å²) in [6, 6.07) is 3.85. The molecular formula is C13H19N3O. The summed E-state index contributed by atoms with van der Waals surface area (Å²) < 4.78 is 0. The smallest absolute Gasteiger partial charge is 0.251 e. The fourth-order valence-corrected chi connectivity index (χ4v) is 2.32. The number of hydrogen-bond acceptors (Lipinski definition) is 3. The zero-order valence-electron chi connectivity index (χ0n) is 10.4. The largest absolute Gasteiger partial charge is 0.373 e. The number of hydrogen-bond donors (Lipinski definition) is 2. The molecule has 1 amide bonds. The first-order chi connectivity index (χ1) is 8.20. The highest BCUT2D eigenvalue weighted by Gasteiger charge is 2.25. The highest BCUT2D eigenvalue weighted by molar-refractivity contribution is 5.95. The molecule has 0 saturated heterocycles. The van der Waals surface area contributed by atoms with Gasteiger partial charge in [-0.25, -0.2) is 4.98 Å². The van der Waals surface area contributed by atoms with E-state index < -0.39 is 0 Å². The standard InChI is InChI=1S/C13H19N3O/c1-9-4-3-5-11(9)16-13(17)10-6-7-15-12(8-10)14-2/h6-9,11H,3-5H2,1-2H3,(H,14,15)(H,16,17). The van der Waals surface area contributed by atoms with Crippen molar-refractivity contribution in [1.29, 1.82) is 0 Å². The number of carbonyl (C=O) groups excluding carboxylic acids is 1. The van der Waals surface area contributed by atoms with E-state index in [1.54, 1.807) is 25.4 Å². The van der Waals surface area contributed by atoms with Crippen molar-refractivity contribution >= 4 is 11.7 Å². The molecule has 0 bridgehead atoms. The van der Waals surface area contributed by atoms with Crippen molar-refractivity contribution in [2.45, 2.75) is 32.2 Å². The lowest BCUT2D eigenvalue weighted by Gasteiger charge is -2.17. The number of anilines is 1. The Morgan fingerprint density at radius 1 is 1.47 bits per heavy atom. The summed E-state index contributed by atoms with van der Waals surface area (Å²) in [6.45, 7) is 2.20. The molecule has 2 atom stereocenters. The molecule has 1 fully saturated rings. The molecule has 4 nitrogen and oxygen atoms in total. The Kier molecular flexibility index (Phi) is 3.61. The monoisotopic (exact) mass is 233 g/mol. The molecule has 1 saturated carbocycles. The average Bonchev–Trinajstić information content (AvgIpc) is 2.75. The van der Waals surface area contributed by atoms with Crippen LogP contribution in [0, 0.1) is 5.92 Å². The number of amides is 1. The first-order valence-electron chi connectivity index (χ1n) is 6.15. The van der Waals surface area contributed by atoms with Gasteiger partial charge in [0.25, 0.3) is 5.91 Å². The summed E-state index contributed by atoms with van der Waals surface area (Å²) in [6.07, 6.45) is 5.17. The van der Waals surface area contributed by atoms with E-state index in [2.05, 4.69) is 22.5 Å². The molecule has 2 rings (SSSR count). The third-order valence-electron chi connectivity index (χ3n) is 3.46. The Labute approximate surface area is 102 Å². The minimum Gasteiger partial charge on any atom is -0.373 e. The van der Waals surface area contributed by atoms with Crippen molar-refractivity contribution in [2.24, 2.45) is 5.92 Å². The fourth-order valence-electron chi connectivity index (χ4n) is 2.32. The van der Waals surface area contributed by atoms with Crippen molar-refractivity contribution in [3.05, 3.63) is 23.9 Å². The lowest BCUT2D eigenvalue weighted by Crippen LogP contribution is -2.36. The van der Waals surface area contributed by atoms with Gasteiger partial charge in [0.05, 0.1) is 0 Å². The van der Waals surface area contributed by atoms with E-state index >= 15 is 0 Å². The fraction of sp³-hybridized carbons (Fsp3) is 0.538. The normalized spacial score (nSPS) is 23.4. The van der Waals surface area contributed by atoms with Crippen molar-refractivity contribution in [2.75, 3.05) is 12.4 Å². The molecule has 1 aromatic rings. The van der Waals surface area contributed by atoms with Crippen LogP contribution in [0.2, 0.25) is 0 Å². The van der Waals surface area contributed by atoms with Crippen LogP contribution in [-0.2, 0) is 0 Å². The maximum Gasteiger partial charge on any atom is 0.251 e. The maximum absolute atomic E-state index is 12.0. The third-order valence-corrected chi connectivity index (χ3v) is 3.46. The maximum atomic E-state index is 12.0. The second kappa shape index (κ2) is 5.17. The lowest BCUT2D eigenvalue weighted by atomic mass is 10.1. The van der Waals surface area contributed by atoms with Crippen LogP contribution in [0.3, 0.4) is 0 Å². The quantitative estimate of drug-likeness (QED) is 0.840. The molecule has 17 heavy (non-hydrogen) atoms. The van der Waals surface area contributed by atoms with E-state index in [1.807, 2.05) is 0 Å². The van der Waals surface area contributed by atoms with E-state index in [0.29, 0.717) is 17.5 Å². The van der Waals surface area contributed by atoms with Crippen molar-refractivity contribution in [3.8, 4) is 0 Å². The molecule has 0 radical (unpaired) electrons. The van der Waals surface area contributed by atoms with Crippen LogP contribution in [0.15, 0.2) is 18.3 Å². The summed E-state index contributed by atoms with van der Waals surface area (Å²) in [5, 5.41) is 6.04. The predicted molar refractivity (Wildman–Crippen MR) is 68.1 cm³/mol. The average molecular weight is 233 g/mol. The number of nitrogens with one attached hydrogen (secondary N) is 2. The van der Waals surface area contributed by atoms with Crippen LogP contribution in [-0.4, -0.2) is 24.0 Å². The molecule has 1 aliphatic rings. The van der Waals surface area contributed by atoms with Crippen LogP contribution in [0.25, 0.3) is 0 Å². The zero-order chi connectivity index (χ0) is 12.3. The molecule has 0 aliphatic heterocycles. The van der Waals surface area contributed by atoms with Crippen LogP contribution in [0.1, 0.15) is 36.5 Å². The Balaban J connectivity index is 2.03. The van der Waals surface area contributed by atoms with E-state index in [0.717, 1.165) is 12.2 Å². The number of pyridine rings is 1. The van der Waals surface area contributed by atoms with Gasteiger partial charge in [0.2, 0.25) is 0 Å². The Morgan fingerprint density at radius 3 is 2.94 bits per heavy atom. The van der Waals surface area contributed by atoms with Gasteiger partial charge >= 0.3 is 0 Å². The molecule has 2 N–H and O–H groups in total. The number of aromatic nitrogens is 1. The van der Waals surface area contributed by atoms with Crippen LogP contribution >= 0.6 is 0 Å².